The highest BCUT2D eigenvalue weighted by Crippen LogP contribution is 2.38. The molecule has 0 spiro atoms. The maximum absolute atomic E-state index is 6.05. The quantitative estimate of drug-likeness (QED) is 0.596. The van der Waals surface area contributed by atoms with E-state index in [9.17, 15) is 0 Å². The highest BCUT2D eigenvalue weighted by atomic mass is 35.5. The third kappa shape index (κ3) is 3.05. The Hall–Kier alpha value is -1.36. The van der Waals surface area contributed by atoms with Crippen molar-refractivity contribution in [1.82, 2.24) is 9.97 Å². The molecule has 1 aromatic carbocycles. The van der Waals surface area contributed by atoms with Gasteiger partial charge in [-0.1, -0.05) is 30.7 Å². The van der Waals surface area contributed by atoms with Crippen LogP contribution in [0.4, 0.5) is 5.82 Å². The van der Waals surface area contributed by atoms with Crippen molar-refractivity contribution in [3.05, 3.63) is 40.0 Å². The van der Waals surface area contributed by atoms with Crippen LogP contribution in [0.2, 0.25) is 10.3 Å². The van der Waals surface area contributed by atoms with Gasteiger partial charge in [0.25, 0.3) is 0 Å². The van der Waals surface area contributed by atoms with Gasteiger partial charge in [-0.25, -0.2) is 9.97 Å². The summed E-state index contributed by atoms with van der Waals surface area (Å²) in [7, 11) is 0. The Bertz CT molecular complexity index is 799. The van der Waals surface area contributed by atoms with Gasteiger partial charge >= 0.3 is 0 Å². The largest absolute Gasteiger partial charge is 0.367 e. The number of halogens is 2. The summed E-state index contributed by atoms with van der Waals surface area (Å²) < 4.78 is 0. The molecule has 3 nitrogen and oxygen atoms in total. The number of benzene rings is 1. The lowest BCUT2D eigenvalue weighted by atomic mass is 10.1. The monoisotopic (exact) mass is 351 g/mol. The van der Waals surface area contributed by atoms with Crippen LogP contribution in [0.5, 0.6) is 0 Å². The molecule has 0 saturated carbocycles. The molecular weight excluding hydrogens is 337 g/mol. The first kappa shape index (κ1) is 15.5. The van der Waals surface area contributed by atoms with Crippen molar-refractivity contribution in [2.24, 2.45) is 0 Å². The second-order valence-electron chi connectivity index (χ2n) is 5.13. The Kier molecular flexibility index (Phi) is 4.52. The normalized spacial score (nSPS) is 12.5. The van der Waals surface area contributed by atoms with Gasteiger partial charge in [-0.15, -0.1) is 11.3 Å². The van der Waals surface area contributed by atoms with Gasteiger partial charge in [0.15, 0.2) is 0 Å². The van der Waals surface area contributed by atoms with Crippen molar-refractivity contribution in [2.45, 2.75) is 26.3 Å². The molecule has 0 amide bonds. The molecule has 114 valence electrons. The summed E-state index contributed by atoms with van der Waals surface area (Å²) >= 11 is 13.6. The molecule has 6 heteroatoms. The van der Waals surface area contributed by atoms with Crippen molar-refractivity contribution in [1.29, 1.82) is 0 Å². The number of hydrogen-bond acceptors (Lipinski definition) is 4. The van der Waals surface area contributed by atoms with Gasteiger partial charge in [-0.05, 0) is 42.6 Å². The van der Waals surface area contributed by atoms with E-state index < -0.39 is 0 Å². The molecule has 3 rings (SSSR count). The first-order valence-electron chi connectivity index (χ1n) is 7.05. The van der Waals surface area contributed by atoms with E-state index in [0.29, 0.717) is 6.04 Å². The smallest absolute Gasteiger partial charge is 0.225 e. The van der Waals surface area contributed by atoms with Gasteiger partial charge in [-0.3, -0.25) is 0 Å². The second kappa shape index (κ2) is 6.41. The molecule has 0 aliphatic carbocycles. The number of nitrogens with one attached hydrogen (secondary N) is 1. The first-order chi connectivity index (χ1) is 10.6. The van der Waals surface area contributed by atoms with Crippen LogP contribution in [0.25, 0.3) is 21.3 Å². The molecule has 1 atom stereocenters. The molecule has 0 aliphatic rings. The third-order valence-corrected chi connectivity index (χ3v) is 4.85. The second-order valence-corrected chi connectivity index (χ2v) is 6.76. The van der Waals surface area contributed by atoms with Crippen LogP contribution in [0, 0.1) is 0 Å². The molecule has 0 bridgehead atoms. The summed E-state index contributed by atoms with van der Waals surface area (Å²) in [5.74, 6) is 0.788. The van der Waals surface area contributed by atoms with Crippen LogP contribution in [0.15, 0.2) is 29.6 Å². The fourth-order valence-corrected chi connectivity index (χ4v) is 3.49. The molecule has 0 radical (unpaired) electrons. The van der Waals surface area contributed by atoms with Crippen molar-refractivity contribution in [3.8, 4) is 11.1 Å². The van der Waals surface area contributed by atoms with Gasteiger partial charge in [0.05, 0.1) is 5.39 Å². The summed E-state index contributed by atoms with van der Waals surface area (Å²) in [6, 6.07) is 8.10. The number of nitrogens with zero attached hydrogens (tertiary/aromatic N) is 2. The standard InChI is InChI=1S/C16H15Cl2N3S/c1-3-9(2)19-14-13-12(10-4-6-11(17)7-5-10)8-22-15(13)21-16(18)20-14/h4-9H,3H2,1-2H3,(H,19,20,21). The highest BCUT2D eigenvalue weighted by molar-refractivity contribution is 7.17. The molecule has 0 saturated heterocycles. The van der Waals surface area contributed by atoms with Crippen LogP contribution < -0.4 is 5.32 Å². The Morgan fingerprint density at radius 2 is 1.91 bits per heavy atom. The van der Waals surface area contributed by atoms with Crippen LogP contribution >= 0.6 is 34.5 Å². The van der Waals surface area contributed by atoms with E-state index in [0.717, 1.165) is 38.6 Å². The van der Waals surface area contributed by atoms with Crippen LogP contribution in [-0.4, -0.2) is 16.0 Å². The average Bonchev–Trinajstić information content (AvgIpc) is 2.91. The Balaban J connectivity index is 2.17. The van der Waals surface area contributed by atoms with Gasteiger partial charge in [-0.2, -0.15) is 0 Å². The number of hydrogen-bond donors (Lipinski definition) is 1. The Morgan fingerprint density at radius 1 is 1.18 bits per heavy atom. The molecule has 3 aromatic rings. The van der Waals surface area contributed by atoms with Crippen LogP contribution in [0.1, 0.15) is 20.3 Å². The summed E-state index contributed by atoms with van der Waals surface area (Å²) in [5.41, 5.74) is 2.19. The predicted molar refractivity (Wildman–Crippen MR) is 96.2 cm³/mol. The minimum absolute atomic E-state index is 0.266. The molecule has 2 heterocycles. The third-order valence-electron chi connectivity index (χ3n) is 3.56. The van der Waals surface area contributed by atoms with Crippen molar-refractivity contribution in [2.75, 3.05) is 5.32 Å². The van der Waals surface area contributed by atoms with Crippen molar-refractivity contribution in [3.63, 3.8) is 0 Å². The summed E-state index contributed by atoms with van der Waals surface area (Å²) in [4.78, 5) is 9.61. The van der Waals surface area contributed by atoms with E-state index in [4.69, 9.17) is 23.2 Å². The zero-order chi connectivity index (χ0) is 15.7. The Morgan fingerprint density at radius 3 is 2.59 bits per heavy atom. The Labute approximate surface area is 143 Å². The number of thiophene rings is 1. The summed E-state index contributed by atoms with van der Waals surface area (Å²) in [6.45, 7) is 4.25. The molecule has 2 aromatic heterocycles. The topological polar surface area (TPSA) is 37.8 Å². The lowest BCUT2D eigenvalue weighted by Gasteiger charge is -2.14. The van der Waals surface area contributed by atoms with Crippen LogP contribution in [-0.2, 0) is 0 Å². The zero-order valence-electron chi connectivity index (χ0n) is 12.2. The van der Waals surface area contributed by atoms with Gasteiger partial charge in [0.1, 0.15) is 10.6 Å². The SMILES string of the molecule is CCC(C)Nc1nc(Cl)nc2scc(-c3ccc(Cl)cc3)c12. The number of fused-ring (bicyclic) bond motifs is 1. The summed E-state index contributed by atoms with van der Waals surface area (Å²) in [5, 5.41) is 7.51. The van der Waals surface area contributed by atoms with E-state index in [1.54, 1.807) is 11.3 Å². The predicted octanol–water partition coefficient (Wildman–Crippen LogP) is 5.88. The molecule has 22 heavy (non-hydrogen) atoms. The summed E-state index contributed by atoms with van der Waals surface area (Å²) in [6.07, 6.45) is 1.00. The van der Waals surface area contributed by atoms with E-state index in [2.05, 4.69) is 34.5 Å². The van der Waals surface area contributed by atoms with Gasteiger partial charge in [0, 0.05) is 22.0 Å². The van der Waals surface area contributed by atoms with Gasteiger partial charge in [0.2, 0.25) is 5.28 Å². The molecule has 1 unspecified atom stereocenters. The first-order valence-corrected chi connectivity index (χ1v) is 8.69. The number of aromatic nitrogens is 2. The number of rotatable bonds is 4. The minimum Gasteiger partial charge on any atom is -0.367 e. The maximum Gasteiger partial charge on any atom is 0.225 e. The lowest BCUT2D eigenvalue weighted by Crippen LogP contribution is -2.15. The van der Waals surface area contributed by atoms with E-state index in [-0.39, 0.29) is 5.28 Å². The number of anilines is 1. The molecular formula is C16H15Cl2N3S. The van der Waals surface area contributed by atoms with E-state index in [1.165, 1.54) is 0 Å². The van der Waals surface area contributed by atoms with Crippen LogP contribution in [0.3, 0.4) is 0 Å². The minimum atomic E-state index is 0.266. The van der Waals surface area contributed by atoms with E-state index >= 15 is 0 Å². The maximum atomic E-state index is 6.05. The van der Waals surface area contributed by atoms with Crippen molar-refractivity contribution >= 4 is 50.6 Å². The lowest BCUT2D eigenvalue weighted by molar-refractivity contribution is 0.760. The molecule has 0 fully saturated rings. The van der Waals surface area contributed by atoms with Crippen molar-refractivity contribution < 1.29 is 0 Å². The highest BCUT2D eigenvalue weighted by Gasteiger charge is 2.16. The molecule has 0 aliphatic heterocycles. The average molecular weight is 352 g/mol. The van der Waals surface area contributed by atoms with E-state index in [1.807, 2.05) is 24.3 Å². The fraction of sp³-hybridized carbons (Fsp3) is 0.250. The fourth-order valence-electron chi connectivity index (χ4n) is 2.20. The van der Waals surface area contributed by atoms with Gasteiger partial charge < -0.3 is 5.32 Å². The zero-order valence-corrected chi connectivity index (χ0v) is 14.6. The molecule has 1 N–H and O–H groups in total.